The highest BCUT2D eigenvalue weighted by Gasteiger charge is 2.32. The van der Waals surface area contributed by atoms with Crippen LogP contribution in [-0.4, -0.2) is 91.0 Å². The zero-order valence-corrected chi connectivity index (χ0v) is 21.9. The van der Waals surface area contributed by atoms with E-state index in [-0.39, 0.29) is 11.9 Å². The molecule has 0 spiro atoms. The highest BCUT2D eigenvalue weighted by atomic mass is 16.1. The molecule has 0 radical (unpaired) electrons. The van der Waals surface area contributed by atoms with E-state index in [1.165, 1.54) is 0 Å². The molecule has 1 amide bonds. The molecule has 2 aliphatic rings. The molecular weight excluding hydrogens is 484 g/mol. The van der Waals surface area contributed by atoms with E-state index in [4.69, 9.17) is 0 Å². The number of carbonyl (C=O) groups excluding carboxylic acids is 1. The highest BCUT2D eigenvalue weighted by molar-refractivity contribution is 6.07. The number of aromatic nitrogens is 8. The Morgan fingerprint density at radius 2 is 1.97 bits per heavy atom. The number of anilines is 3. The molecule has 0 unspecified atom stereocenters. The molecule has 1 aromatic carbocycles. The molecule has 196 valence electrons. The normalized spacial score (nSPS) is 18.3. The molecule has 5 heterocycles. The Bertz CT molecular complexity index is 1530. The van der Waals surface area contributed by atoms with E-state index in [0.717, 1.165) is 60.8 Å². The number of likely N-dealkylation sites (N-methyl/N-ethyl adjacent to an activating group) is 1. The van der Waals surface area contributed by atoms with Crippen LogP contribution in [0.4, 0.5) is 17.5 Å². The van der Waals surface area contributed by atoms with Crippen LogP contribution < -0.4 is 15.1 Å². The fourth-order valence-electron chi connectivity index (χ4n) is 5.20. The predicted molar refractivity (Wildman–Crippen MR) is 144 cm³/mol. The van der Waals surface area contributed by atoms with Gasteiger partial charge in [0.05, 0.1) is 22.8 Å². The van der Waals surface area contributed by atoms with Gasteiger partial charge in [-0.1, -0.05) is 12.0 Å². The maximum Gasteiger partial charge on any atom is 0.255 e. The first-order chi connectivity index (χ1) is 18.4. The molecule has 0 aliphatic carbocycles. The van der Waals surface area contributed by atoms with Crippen LogP contribution >= 0.6 is 0 Å². The Labute approximate surface area is 219 Å². The van der Waals surface area contributed by atoms with E-state index in [9.17, 15) is 4.79 Å². The number of aromatic amines is 1. The third-order valence-electron chi connectivity index (χ3n) is 7.56. The second kappa shape index (κ2) is 9.49. The van der Waals surface area contributed by atoms with Crippen molar-refractivity contribution < 1.29 is 4.79 Å². The van der Waals surface area contributed by atoms with Crippen LogP contribution in [0, 0.1) is 0 Å². The van der Waals surface area contributed by atoms with Crippen LogP contribution in [0.2, 0.25) is 0 Å². The third-order valence-corrected chi connectivity index (χ3v) is 7.56. The lowest BCUT2D eigenvalue weighted by Gasteiger charge is -2.34. The molecule has 38 heavy (non-hydrogen) atoms. The van der Waals surface area contributed by atoms with Gasteiger partial charge in [0.25, 0.3) is 5.91 Å². The Kier molecular flexibility index (Phi) is 5.98. The van der Waals surface area contributed by atoms with Gasteiger partial charge in [-0.05, 0) is 49.0 Å². The first-order valence-electron chi connectivity index (χ1n) is 12.8. The second-order valence-electron chi connectivity index (χ2n) is 9.63. The van der Waals surface area contributed by atoms with Crippen molar-refractivity contribution in [3.63, 3.8) is 0 Å². The number of fused-ring (bicyclic) bond motifs is 2. The topological polar surface area (TPSA) is 137 Å². The molecule has 13 nitrogen and oxygen atoms in total. The fraction of sp³-hybridized carbons (Fsp3) is 0.400. The summed E-state index contributed by atoms with van der Waals surface area (Å²) in [5.74, 6) is 1.29. The van der Waals surface area contributed by atoms with Crippen molar-refractivity contribution >= 4 is 34.3 Å². The van der Waals surface area contributed by atoms with Crippen LogP contribution in [0.15, 0.2) is 41.9 Å². The van der Waals surface area contributed by atoms with Crippen LogP contribution in [0.1, 0.15) is 26.8 Å². The van der Waals surface area contributed by atoms with E-state index in [1.807, 2.05) is 50.1 Å². The Morgan fingerprint density at radius 3 is 2.76 bits per heavy atom. The lowest BCUT2D eigenvalue weighted by molar-refractivity contribution is -0.113. The number of hydrogen-bond donors (Lipinski definition) is 2. The van der Waals surface area contributed by atoms with Gasteiger partial charge in [-0.25, -0.2) is 14.6 Å². The van der Waals surface area contributed by atoms with Crippen molar-refractivity contribution in [2.24, 2.45) is 0 Å². The second-order valence-corrected chi connectivity index (χ2v) is 9.63. The largest absolute Gasteiger partial charge is 0.354 e. The summed E-state index contributed by atoms with van der Waals surface area (Å²) in [6.45, 7) is 11.0. The quantitative estimate of drug-likeness (QED) is 0.407. The summed E-state index contributed by atoms with van der Waals surface area (Å²) in [4.78, 5) is 29.0. The molecule has 1 atom stereocenters. The number of piperazine rings is 1. The monoisotopic (exact) mass is 514 g/mol. The number of nitrogens with one attached hydrogen (secondary N) is 2. The smallest absolute Gasteiger partial charge is 0.255 e. The summed E-state index contributed by atoms with van der Waals surface area (Å²) in [6.07, 6.45) is 1.59. The van der Waals surface area contributed by atoms with Crippen LogP contribution in [-0.2, 0) is 4.79 Å². The molecule has 0 saturated carbocycles. The number of tetrazole rings is 1. The van der Waals surface area contributed by atoms with E-state index in [0.29, 0.717) is 22.9 Å². The molecule has 1 fully saturated rings. The fourth-order valence-corrected chi connectivity index (χ4v) is 5.20. The van der Waals surface area contributed by atoms with Crippen LogP contribution in [0.25, 0.3) is 22.3 Å². The van der Waals surface area contributed by atoms with Crippen molar-refractivity contribution in [3.05, 3.63) is 41.9 Å². The summed E-state index contributed by atoms with van der Waals surface area (Å²) < 4.78 is 1.65. The zero-order valence-electron chi connectivity index (χ0n) is 21.9. The average molecular weight is 515 g/mol. The van der Waals surface area contributed by atoms with Crippen LogP contribution in [0.5, 0.6) is 0 Å². The lowest BCUT2D eigenvalue weighted by Crippen LogP contribution is -2.46. The minimum Gasteiger partial charge on any atom is -0.354 e. The number of amides is 1. The standard InChI is InChI=1S/C25H30N12O/c1-5-35-8-10-36(11-9-35)21-13-20(26-14-27-21)23-18-12-17(6-7-19(18)29-30-23)28-24(38)22-15(2)34(4)25-31-32-33-37(25)16(22)3/h6-7,12-14,16H,5,8-11H2,1-4H3,(H,28,38)(H,29,30)/t16-/m0/s1. The van der Waals surface area contributed by atoms with Crippen molar-refractivity contribution in [1.82, 2.24) is 45.3 Å². The van der Waals surface area contributed by atoms with Gasteiger partial charge in [0.15, 0.2) is 0 Å². The van der Waals surface area contributed by atoms with E-state index in [1.54, 1.807) is 11.0 Å². The van der Waals surface area contributed by atoms with Crippen molar-refractivity contribution in [3.8, 4) is 11.4 Å². The summed E-state index contributed by atoms with van der Waals surface area (Å²) >= 11 is 0. The van der Waals surface area contributed by atoms with Crippen LogP contribution in [0.3, 0.4) is 0 Å². The number of hydrogen-bond acceptors (Lipinski definition) is 10. The van der Waals surface area contributed by atoms with E-state index >= 15 is 0 Å². The summed E-state index contributed by atoms with van der Waals surface area (Å²) in [5, 5.41) is 23.4. The van der Waals surface area contributed by atoms with E-state index in [2.05, 4.69) is 57.7 Å². The number of benzene rings is 1. The SMILES string of the molecule is CCN1CCN(c2cc(-c3n[nH]c4ccc(NC(=O)C5=C(C)N(C)c6nnnn6[C@H]5C)cc34)ncn2)CC1. The maximum absolute atomic E-state index is 13.4. The first-order valence-corrected chi connectivity index (χ1v) is 12.8. The van der Waals surface area contributed by atoms with Crippen molar-refractivity contribution in [1.29, 1.82) is 0 Å². The Balaban J connectivity index is 1.27. The number of nitrogens with zero attached hydrogens (tertiary/aromatic N) is 10. The zero-order chi connectivity index (χ0) is 26.4. The van der Waals surface area contributed by atoms with Gasteiger partial charge in [-0.15, -0.1) is 0 Å². The summed E-state index contributed by atoms with van der Waals surface area (Å²) in [6, 6.07) is 7.37. The molecule has 4 aromatic rings. The lowest BCUT2D eigenvalue weighted by atomic mass is 10.0. The van der Waals surface area contributed by atoms with Gasteiger partial charge < -0.3 is 20.0 Å². The third kappa shape index (κ3) is 4.04. The Hall–Kier alpha value is -4.39. The van der Waals surface area contributed by atoms with Crippen molar-refractivity contribution in [2.45, 2.75) is 26.8 Å². The maximum atomic E-state index is 13.4. The molecular formula is C25H30N12O. The van der Waals surface area contributed by atoms with Gasteiger partial charge in [0, 0.05) is 56.1 Å². The Morgan fingerprint density at radius 1 is 1.16 bits per heavy atom. The van der Waals surface area contributed by atoms with Gasteiger partial charge in [0.2, 0.25) is 5.95 Å². The molecule has 0 bridgehead atoms. The molecule has 2 N–H and O–H groups in total. The van der Waals surface area contributed by atoms with Gasteiger partial charge in [-0.2, -0.15) is 5.10 Å². The number of rotatable bonds is 5. The summed E-state index contributed by atoms with van der Waals surface area (Å²) in [7, 11) is 1.85. The van der Waals surface area contributed by atoms with Gasteiger partial charge in [-0.3, -0.25) is 9.89 Å². The molecule has 2 aliphatic heterocycles. The molecule has 1 saturated heterocycles. The highest BCUT2D eigenvalue weighted by Crippen LogP contribution is 2.33. The van der Waals surface area contributed by atoms with Gasteiger partial charge >= 0.3 is 0 Å². The minimum absolute atomic E-state index is 0.206. The average Bonchev–Trinajstić information content (AvgIpc) is 3.60. The van der Waals surface area contributed by atoms with E-state index < -0.39 is 0 Å². The number of carbonyl (C=O) groups is 1. The van der Waals surface area contributed by atoms with Crippen molar-refractivity contribution in [2.75, 3.05) is 54.9 Å². The predicted octanol–water partition coefficient (Wildman–Crippen LogP) is 2.07. The molecule has 13 heteroatoms. The molecule has 6 rings (SSSR count). The molecule has 3 aromatic heterocycles. The summed E-state index contributed by atoms with van der Waals surface area (Å²) in [5.41, 5.74) is 4.36. The number of H-pyrrole nitrogens is 1. The first kappa shape index (κ1) is 24.0. The number of allylic oxidation sites excluding steroid dienone is 1. The minimum atomic E-state index is -0.303. The van der Waals surface area contributed by atoms with Gasteiger partial charge in [0.1, 0.15) is 17.8 Å².